The van der Waals surface area contributed by atoms with Gasteiger partial charge in [0.25, 0.3) is 0 Å². The molecule has 1 N–H and O–H groups in total. The quantitative estimate of drug-likeness (QED) is 0.685. The lowest BCUT2D eigenvalue weighted by Crippen LogP contribution is -2.43. The first-order chi connectivity index (χ1) is 9.58. The second-order valence-corrected chi connectivity index (χ2v) is 6.14. The summed E-state index contributed by atoms with van der Waals surface area (Å²) < 4.78 is 10.3. The van der Waals surface area contributed by atoms with Gasteiger partial charge in [-0.3, -0.25) is 0 Å². The molecule has 0 aliphatic rings. The van der Waals surface area contributed by atoms with Crippen LogP contribution in [0.15, 0.2) is 18.2 Å². The molecule has 0 saturated carbocycles. The van der Waals surface area contributed by atoms with Crippen molar-refractivity contribution in [3.05, 3.63) is 28.8 Å². The molecule has 0 aliphatic heterocycles. The predicted octanol–water partition coefficient (Wildman–Crippen LogP) is 3.47. The van der Waals surface area contributed by atoms with Crippen LogP contribution in [0.2, 0.25) is 5.02 Å². The van der Waals surface area contributed by atoms with Crippen LogP contribution in [-0.2, 0) is 9.53 Å². The minimum Gasteiger partial charge on any atom is -0.444 e. The third kappa shape index (κ3) is 6.04. The normalized spacial score (nSPS) is 12.5. The minimum absolute atomic E-state index is 0.405. The number of alkyl carbamates (subject to hydrolysis) is 1. The highest BCUT2D eigenvalue weighted by atomic mass is 35.5. The van der Waals surface area contributed by atoms with Gasteiger partial charge < -0.3 is 14.8 Å². The number of benzene rings is 1. The zero-order valence-electron chi connectivity index (χ0n) is 12.8. The van der Waals surface area contributed by atoms with Crippen molar-refractivity contribution in [1.29, 1.82) is 0 Å². The van der Waals surface area contributed by atoms with Crippen LogP contribution in [0.3, 0.4) is 0 Å². The van der Waals surface area contributed by atoms with Gasteiger partial charge in [-0.2, -0.15) is 0 Å². The Labute approximate surface area is 129 Å². The number of carbonyl (C=O) groups excluding carboxylic acids is 2. The molecule has 0 heterocycles. The van der Waals surface area contributed by atoms with E-state index in [2.05, 4.69) is 5.32 Å². The molecule has 0 radical (unpaired) electrons. The van der Waals surface area contributed by atoms with Gasteiger partial charge >= 0.3 is 12.1 Å². The average Bonchev–Trinajstić information content (AvgIpc) is 2.29. The van der Waals surface area contributed by atoms with Gasteiger partial charge in [0, 0.05) is 5.02 Å². The molecule has 21 heavy (non-hydrogen) atoms. The molecule has 116 valence electrons. The van der Waals surface area contributed by atoms with Crippen LogP contribution in [0.25, 0.3) is 0 Å². The Morgan fingerprint density at radius 1 is 1.29 bits per heavy atom. The van der Waals surface area contributed by atoms with E-state index in [0.29, 0.717) is 10.8 Å². The molecule has 1 atom stereocenters. The summed E-state index contributed by atoms with van der Waals surface area (Å²) in [5.74, 6) is -0.173. The van der Waals surface area contributed by atoms with Crippen molar-refractivity contribution in [2.75, 3.05) is 0 Å². The highest BCUT2D eigenvalue weighted by Gasteiger charge is 2.22. The molecule has 1 aromatic carbocycles. The molecule has 0 aliphatic carbocycles. The van der Waals surface area contributed by atoms with Gasteiger partial charge in [-0.1, -0.05) is 11.6 Å². The van der Waals surface area contributed by atoms with Gasteiger partial charge in [-0.25, -0.2) is 9.59 Å². The largest absolute Gasteiger partial charge is 0.444 e. The third-order valence-electron chi connectivity index (χ3n) is 2.43. The molecular weight excluding hydrogens is 294 g/mol. The van der Waals surface area contributed by atoms with Crippen LogP contribution < -0.4 is 10.1 Å². The summed E-state index contributed by atoms with van der Waals surface area (Å²) >= 11 is 5.83. The summed E-state index contributed by atoms with van der Waals surface area (Å²) in [7, 11) is 0. The molecule has 1 amide bonds. The van der Waals surface area contributed by atoms with Crippen LogP contribution in [0, 0.1) is 6.92 Å². The summed E-state index contributed by atoms with van der Waals surface area (Å²) in [6, 6.07) is 4.10. The number of halogens is 1. The lowest BCUT2D eigenvalue weighted by molar-refractivity contribution is -0.136. The first-order valence-electron chi connectivity index (χ1n) is 6.56. The molecule has 0 spiro atoms. The fraction of sp³-hybridized carbons (Fsp3) is 0.467. The number of ether oxygens (including phenoxy) is 2. The Balaban J connectivity index is 2.61. The molecule has 1 unspecified atom stereocenters. The molecule has 0 bridgehead atoms. The number of aryl methyl sites for hydroxylation is 1. The van der Waals surface area contributed by atoms with Crippen LogP contribution in [0.4, 0.5) is 4.79 Å². The summed E-state index contributed by atoms with van der Waals surface area (Å²) in [5, 5.41) is 2.99. The number of hydrogen-bond donors (Lipinski definition) is 1. The van der Waals surface area contributed by atoms with Gasteiger partial charge in [0.05, 0.1) is 0 Å². The van der Waals surface area contributed by atoms with Gasteiger partial charge in [-0.05, 0) is 58.4 Å². The number of carbonyl (C=O) groups is 2. The van der Waals surface area contributed by atoms with Gasteiger partial charge in [0.2, 0.25) is 0 Å². The first kappa shape index (κ1) is 17.3. The van der Waals surface area contributed by atoms with E-state index in [4.69, 9.17) is 21.1 Å². The standard InChI is InChI=1S/C15H20ClNO4/c1-9-8-11(16)6-7-12(9)20-13(18)10(2)17-14(19)21-15(3,4)5/h6-8,10H,1-5H3,(H,17,19). The van der Waals surface area contributed by atoms with Crippen LogP contribution in [-0.4, -0.2) is 23.7 Å². The smallest absolute Gasteiger partial charge is 0.408 e. The Morgan fingerprint density at radius 3 is 2.43 bits per heavy atom. The highest BCUT2D eigenvalue weighted by molar-refractivity contribution is 6.30. The molecule has 0 fully saturated rings. The van der Waals surface area contributed by atoms with E-state index >= 15 is 0 Å². The van der Waals surface area contributed by atoms with Gasteiger partial charge in [0.15, 0.2) is 0 Å². The van der Waals surface area contributed by atoms with Crippen LogP contribution in [0.5, 0.6) is 5.75 Å². The summed E-state index contributed by atoms with van der Waals surface area (Å²) in [6.45, 7) is 8.53. The van der Waals surface area contributed by atoms with E-state index in [0.717, 1.165) is 5.56 Å². The predicted molar refractivity (Wildman–Crippen MR) is 80.7 cm³/mol. The number of amides is 1. The maximum Gasteiger partial charge on any atom is 0.408 e. The maximum atomic E-state index is 11.9. The number of esters is 1. The number of rotatable bonds is 3. The SMILES string of the molecule is Cc1cc(Cl)ccc1OC(=O)C(C)NC(=O)OC(C)(C)C. The number of nitrogens with one attached hydrogen (secondary N) is 1. The van der Waals surface area contributed by atoms with Crippen molar-refractivity contribution in [1.82, 2.24) is 5.32 Å². The third-order valence-corrected chi connectivity index (χ3v) is 2.67. The molecule has 1 aromatic rings. The van der Waals surface area contributed by atoms with Crippen molar-refractivity contribution in [2.45, 2.75) is 46.3 Å². The average molecular weight is 314 g/mol. The van der Waals surface area contributed by atoms with Crippen molar-refractivity contribution >= 4 is 23.7 Å². The van der Waals surface area contributed by atoms with Crippen molar-refractivity contribution < 1.29 is 19.1 Å². The minimum atomic E-state index is -0.824. The lowest BCUT2D eigenvalue weighted by Gasteiger charge is -2.21. The summed E-state index contributed by atoms with van der Waals surface area (Å²) in [4.78, 5) is 23.5. The van der Waals surface area contributed by atoms with E-state index in [-0.39, 0.29) is 0 Å². The fourth-order valence-corrected chi connectivity index (χ4v) is 1.69. The Kier molecular flexibility index (Phi) is 5.61. The topological polar surface area (TPSA) is 64.6 Å². The Bertz CT molecular complexity index is 537. The highest BCUT2D eigenvalue weighted by Crippen LogP contribution is 2.22. The van der Waals surface area contributed by atoms with E-state index < -0.39 is 23.7 Å². The Morgan fingerprint density at radius 2 is 1.90 bits per heavy atom. The fourth-order valence-electron chi connectivity index (χ4n) is 1.47. The first-order valence-corrected chi connectivity index (χ1v) is 6.93. The number of hydrogen-bond acceptors (Lipinski definition) is 4. The van der Waals surface area contributed by atoms with E-state index in [1.807, 2.05) is 0 Å². The van der Waals surface area contributed by atoms with Crippen molar-refractivity contribution in [3.8, 4) is 5.75 Å². The van der Waals surface area contributed by atoms with Crippen LogP contribution >= 0.6 is 11.6 Å². The maximum absolute atomic E-state index is 11.9. The van der Waals surface area contributed by atoms with E-state index in [9.17, 15) is 9.59 Å². The summed E-state index contributed by atoms with van der Waals surface area (Å²) in [6.07, 6.45) is -0.667. The second-order valence-electron chi connectivity index (χ2n) is 5.70. The molecular formula is C15H20ClNO4. The zero-order chi connectivity index (χ0) is 16.2. The van der Waals surface area contributed by atoms with Gasteiger partial charge in [0.1, 0.15) is 17.4 Å². The zero-order valence-corrected chi connectivity index (χ0v) is 13.6. The van der Waals surface area contributed by atoms with Crippen LogP contribution in [0.1, 0.15) is 33.3 Å². The second kappa shape index (κ2) is 6.80. The lowest BCUT2D eigenvalue weighted by atomic mass is 10.2. The molecule has 5 nitrogen and oxygen atoms in total. The van der Waals surface area contributed by atoms with Crippen molar-refractivity contribution in [2.24, 2.45) is 0 Å². The monoisotopic (exact) mass is 313 g/mol. The molecule has 6 heteroatoms. The van der Waals surface area contributed by atoms with Crippen molar-refractivity contribution in [3.63, 3.8) is 0 Å². The Hall–Kier alpha value is -1.75. The van der Waals surface area contributed by atoms with E-state index in [1.165, 1.54) is 6.92 Å². The molecule has 0 saturated heterocycles. The molecule has 1 rings (SSSR count). The van der Waals surface area contributed by atoms with Gasteiger partial charge in [-0.15, -0.1) is 0 Å². The van der Waals surface area contributed by atoms with E-state index in [1.54, 1.807) is 45.9 Å². The summed E-state index contributed by atoms with van der Waals surface area (Å²) in [5.41, 5.74) is 0.112. The molecule has 0 aromatic heterocycles.